The zero-order valence-corrected chi connectivity index (χ0v) is 8.71. The van der Waals surface area contributed by atoms with Gasteiger partial charge in [-0.15, -0.1) is 0 Å². The van der Waals surface area contributed by atoms with Crippen molar-refractivity contribution in [3.63, 3.8) is 0 Å². The highest BCUT2D eigenvalue weighted by atomic mass is 16.5. The van der Waals surface area contributed by atoms with Crippen molar-refractivity contribution >= 4 is 0 Å². The SMILES string of the molecule is CCC(C)(N)COC1CCOCC1. The Labute approximate surface area is 80.6 Å². The van der Waals surface area contributed by atoms with Gasteiger partial charge in [0.05, 0.1) is 12.7 Å². The first-order valence-corrected chi connectivity index (χ1v) is 5.12. The Morgan fingerprint density at radius 3 is 2.62 bits per heavy atom. The highest BCUT2D eigenvalue weighted by molar-refractivity contribution is 4.77. The molecular formula is C10H21NO2. The van der Waals surface area contributed by atoms with Crippen LogP contribution in [0.15, 0.2) is 0 Å². The monoisotopic (exact) mass is 187 g/mol. The molecule has 1 aliphatic heterocycles. The van der Waals surface area contributed by atoms with E-state index in [0.717, 1.165) is 32.5 Å². The number of ether oxygens (including phenoxy) is 2. The Bertz CT molecular complexity index is 142. The molecule has 0 bridgehead atoms. The lowest BCUT2D eigenvalue weighted by atomic mass is 10.0. The van der Waals surface area contributed by atoms with Crippen LogP contribution in [0.3, 0.4) is 0 Å². The number of hydrogen-bond donors (Lipinski definition) is 1. The van der Waals surface area contributed by atoms with Crippen molar-refractivity contribution < 1.29 is 9.47 Å². The largest absolute Gasteiger partial charge is 0.381 e. The van der Waals surface area contributed by atoms with E-state index in [1.54, 1.807) is 0 Å². The zero-order chi connectivity index (χ0) is 9.73. The normalized spacial score (nSPS) is 24.2. The van der Waals surface area contributed by atoms with E-state index >= 15 is 0 Å². The van der Waals surface area contributed by atoms with E-state index in [-0.39, 0.29) is 5.54 Å². The van der Waals surface area contributed by atoms with Gasteiger partial charge in [-0.05, 0) is 26.2 Å². The molecule has 13 heavy (non-hydrogen) atoms. The minimum atomic E-state index is -0.168. The molecule has 1 fully saturated rings. The third kappa shape index (κ3) is 4.07. The van der Waals surface area contributed by atoms with Crippen LogP contribution in [0.2, 0.25) is 0 Å². The van der Waals surface area contributed by atoms with Crippen molar-refractivity contribution in [3.8, 4) is 0 Å². The molecule has 0 aromatic heterocycles. The van der Waals surface area contributed by atoms with Crippen LogP contribution in [0.5, 0.6) is 0 Å². The standard InChI is InChI=1S/C10H21NO2/c1-3-10(2,11)8-13-9-4-6-12-7-5-9/h9H,3-8,11H2,1-2H3. The molecule has 0 radical (unpaired) electrons. The number of rotatable bonds is 4. The summed E-state index contributed by atoms with van der Waals surface area (Å²) >= 11 is 0. The molecule has 0 aromatic carbocycles. The minimum absolute atomic E-state index is 0.168. The molecule has 1 heterocycles. The number of nitrogens with two attached hydrogens (primary N) is 1. The molecule has 1 rings (SSSR count). The van der Waals surface area contributed by atoms with Crippen molar-refractivity contribution in [1.29, 1.82) is 0 Å². The van der Waals surface area contributed by atoms with Crippen molar-refractivity contribution in [1.82, 2.24) is 0 Å². The first kappa shape index (κ1) is 11.0. The van der Waals surface area contributed by atoms with E-state index in [1.807, 2.05) is 6.92 Å². The quantitative estimate of drug-likeness (QED) is 0.721. The van der Waals surface area contributed by atoms with E-state index in [2.05, 4.69) is 6.92 Å². The van der Waals surface area contributed by atoms with Crippen LogP contribution in [0, 0.1) is 0 Å². The van der Waals surface area contributed by atoms with Crippen LogP contribution in [0.1, 0.15) is 33.1 Å². The van der Waals surface area contributed by atoms with Crippen LogP contribution >= 0.6 is 0 Å². The summed E-state index contributed by atoms with van der Waals surface area (Å²) in [4.78, 5) is 0. The molecule has 0 aliphatic carbocycles. The molecule has 3 nitrogen and oxygen atoms in total. The van der Waals surface area contributed by atoms with Crippen molar-refractivity contribution in [2.45, 2.75) is 44.8 Å². The molecule has 1 unspecified atom stereocenters. The zero-order valence-electron chi connectivity index (χ0n) is 8.71. The van der Waals surface area contributed by atoms with Crippen molar-refractivity contribution in [2.24, 2.45) is 5.73 Å². The Morgan fingerprint density at radius 2 is 2.08 bits per heavy atom. The van der Waals surface area contributed by atoms with Gasteiger partial charge in [-0.25, -0.2) is 0 Å². The Kier molecular flexibility index (Phi) is 4.16. The highest BCUT2D eigenvalue weighted by Crippen LogP contribution is 2.13. The average molecular weight is 187 g/mol. The molecule has 2 N–H and O–H groups in total. The molecule has 0 saturated carbocycles. The summed E-state index contributed by atoms with van der Waals surface area (Å²) in [7, 11) is 0. The second-order valence-corrected chi connectivity index (χ2v) is 4.13. The fourth-order valence-corrected chi connectivity index (χ4v) is 1.25. The van der Waals surface area contributed by atoms with Crippen LogP contribution in [-0.2, 0) is 9.47 Å². The van der Waals surface area contributed by atoms with Gasteiger partial charge >= 0.3 is 0 Å². The first-order chi connectivity index (χ1) is 6.14. The third-order valence-electron chi connectivity index (χ3n) is 2.62. The second-order valence-electron chi connectivity index (χ2n) is 4.13. The summed E-state index contributed by atoms with van der Waals surface area (Å²) in [5, 5.41) is 0. The van der Waals surface area contributed by atoms with E-state index in [4.69, 9.17) is 15.2 Å². The topological polar surface area (TPSA) is 44.5 Å². The van der Waals surface area contributed by atoms with Gasteiger partial charge in [0.1, 0.15) is 0 Å². The Morgan fingerprint density at radius 1 is 1.46 bits per heavy atom. The van der Waals surface area contributed by atoms with Crippen LogP contribution < -0.4 is 5.73 Å². The molecular weight excluding hydrogens is 166 g/mol. The van der Waals surface area contributed by atoms with Crippen LogP contribution in [0.4, 0.5) is 0 Å². The summed E-state index contributed by atoms with van der Waals surface area (Å²) in [6, 6.07) is 0. The van der Waals surface area contributed by atoms with Crippen molar-refractivity contribution in [3.05, 3.63) is 0 Å². The van der Waals surface area contributed by atoms with Gasteiger partial charge in [0, 0.05) is 18.8 Å². The molecule has 0 spiro atoms. The average Bonchev–Trinajstić information content (AvgIpc) is 2.17. The van der Waals surface area contributed by atoms with Gasteiger partial charge in [0.25, 0.3) is 0 Å². The minimum Gasteiger partial charge on any atom is -0.381 e. The van der Waals surface area contributed by atoms with E-state index in [1.165, 1.54) is 0 Å². The molecule has 3 heteroatoms. The molecule has 1 aliphatic rings. The highest BCUT2D eigenvalue weighted by Gasteiger charge is 2.20. The maximum Gasteiger partial charge on any atom is 0.0647 e. The lowest BCUT2D eigenvalue weighted by molar-refractivity contribution is -0.0454. The lowest BCUT2D eigenvalue weighted by Crippen LogP contribution is -2.42. The van der Waals surface area contributed by atoms with E-state index < -0.39 is 0 Å². The predicted octanol–water partition coefficient (Wildman–Crippen LogP) is 1.31. The Hall–Kier alpha value is -0.120. The molecule has 0 amide bonds. The summed E-state index contributed by atoms with van der Waals surface area (Å²) in [6.45, 7) is 6.45. The summed E-state index contributed by atoms with van der Waals surface area (Å²) in [5.74, 6) is 0. The van der Waals surface area contributed by atoms with Crippen molar-refractivity contribution in [2.75, 3.05) is 19.8 Å². The smallest absolute Gasteiger partial charge is 0.0647 e. The van der Waals surface area contributed by atoms with Gasteiger partial charge in [-0.1, -0.05) is 6.92 Å². The maximum atomic E-state index is 5.98. The first-order valence-electron chi connectivity index (χ1n) is 5.12. The van der Waals surface area contributed by atoms with Gasteiger partial charge in [0.15, 0.2) is 0 Å². The van der Waals surface area contributed by atoms with E-state index in [0.29, 0.717) is 12.7 Å². The summed E-state index contributed by atoms with van der Waals surface area (Å²) < 4.78 is 11.0. The van der Waals surface area contributed by atoms with Gasteiger partial charge < -0.3 is 15.2 Å². The third-order valence-corrected chi connectivity index (χ3v) is 2.62. The van der Waals surface area contributed by atoms with Gasteiger partial charge in [0.2, 0.25) is 0 Å². The van der Waals surface area contributed by atoms with Crippen LogP contribution in [0.25, 0.3) is 0 Å². The molecule has 1 saturated heterocycles. The summed E-state index contributed by atoms with van der Waals surface area (Å²) in [5.41, 5.74) is 5.81. The van der Waals surface area contributed by atoms with Gasteiger partial charge in [-0.2, -0.15) is 0 Å². The van der Waals surface area contributed by atoms with Crippen LogP contribution in [-0.4, -0.2) is 31.5 Å². The molecule has 1 atom stereocenters. The fourth-order valence-electron chi connectivity index (χ4n) is 1.25. The van der Waals surface area contributed by atoms with Gasteiger partial charge in [-0.3, -0.25) is 0 Å². The van der Waals surface area contributed by atoms with E-state index in [9.17, 15) is 0 Å². The predicted molar refractivity (Wildman–Crippen MR) is 52.7 cm³/mol. The fraction of sp³-hybridized carbons (Fsp3) is 1.00. The summed E-state index contributed by atoms with van der Waals surface area (Å²) in [6.07, 6.45) is 3.35. The second kappa shape index (κ2) is 4.94. The maximum absolute atomic E-state index is 5.98. The molecule has 0 aromatic rings. The lowest BCUT2D eigenvalue weighted by Gasteiger charge is -2.28. The Balaban J connectivity index is 2.17. The number of hydrogen-bond acceptors (Lipinski definition) is 3. The molecule has 78 valence electrons.